The average molecular weight is 173 g/mol. The van der Waals surface area contributed by atoms with Crippen molar-refractivity contribution in [2.45, 2.75) is 0 Å². The molecule has 3 nitrogen and oxygen atoms in total. The molecule has 0 saturated carbocycles. The van der Waals surface area contributed by atoms with Crippen LogP contribution in [0.25, 0.3) is 0 Å². The summed E-state index contributed by atoms with van der Waals surface area (Å²) in [4.78, 5) is 20.6. The topological polar surface area (TPSA) is 60.2 Å². The second-order valence-electron chi connectivity index (χ2n) is 2.35. The van der Waals surface area contributed by atoms with Crippen molar-refractivity contribution in [1.82, 2.24) is 0 Å². The van der Waals surface area contributed by atoms with Crippen molar-refractivity contribution >= 4 is 12.2 Å². The molecule has 64 valence electrons. The lowest BCUT2D eigenvalue weighted by molar-refractivity contribution is -0.112. The van der Waals surface area contributed by atoms with Crippen LogP contribution in [0, 0.1) is 11.8 Å². The van der Waals surface area contributed by atoms with Crippen LogP contribution >= 0.6 is 0 Å². The first-order valence-electron chi connectivity index (χ1n) is 3.59. The van der Waals surface area contributed by atoms with Crippen LogP contribution in [0.1, 0.15) is 15.9 Å². The lowest BCUT2D eigenvalue weighted by Gasteiger charge is -1.89. The molecule has 0 bridgehead atoms. The van der Waals surface area contributed by atoms with Gasteiger partial charge in [-0.3, -0.25) is 9.59 Å². The number of carbonyl (C=O) groups is 2. The number of benzene rings is 1. The first-order chi connectivity index (χ1) is 6.22. The molecule has 0 atom stereocenters. The molecule has 0 saturated heterocycles. The molecule has 3 heteroatoms. The van der Waals surface area contributed by atoms with Crippen molar-refractivity contribution in [2.75, 3.05) is 0 Å². The Balaban J connectivity index is 2.88. The normalized spacial score (nSPS) is 8.31. The Hall–Kier alpha value is -2.08. The SMILES string of the molecule is NC(=O)C#Cc1ccc(C=O)cc1. The van der Waals surface area contributed by atoms with Gasteiger partial charge in [0.25, 0.3) is 5.91 Å². The molecule has 13 heavy (non-hydrogen) atoms. The summed E-state index contributed by atoms with van der Waals surface area (Å²) in [6, 6.07) is 6.55. The van der Waals surface area contributed by atoms with Crippen molar-refractivity contribution < 1.29 is 9.59 Å². The highest BCUT2D eigenvalue weighted by atomic mass is 16.1. The maximum Gasteiger partial charge on any atom is 0.293 e. The number of nitrogens with two attached hydrogens (primary N) is 1. The minimum absolute atomic E-state index is 0.574. The summed E-state index contributed by atoms with van der Waals surface area (Å²) in [5.41, 5.74) is 6.06. The van der Waals surface area contributed by atoms with Crippen LogP contribution in [0.15, 0.2) is 24.3 Å². The Labute approximate surface area is 75.6 Å². The van der Waals surface area contributed by atoms with E-state index in [0.717, 1.165) is 6.29 Å². The van der Waals surface area contributed by atoms with E-state index in [0.29, 0.717) is 11.1 Å². The number of primary amides is 1. The van der Waals surface area contributed by atoms with Gasteiger partial charge in [-0.15, -0.1) is 0 Å². The highest BCUT2D eigenvalue weighted by Gasteiger charge is 1.89. The molecule has 0 fully saturated rings. The van der Waals surface area contributed by atoms with Crippen LogP contribution in [0.4, 0.5) is 0 Å². The van der Waals surface area contributed by atoms with E-state index < -0.39 is 5.91 Å². The summed E-state index contributed by atoms with van der Waals surface area (Å²) in [7, 11) is 0. The summed E-state index contributed by atoms with van der Waals surface area (Å²) >= 11 is 0. The summed E-state index contributed by atoms with van der Waals surface area (Å²) in [6.07, 6.45) is 0.741. The first kappa shape index (κ1) is 9.01. The van der Waals surface area contributed by atoms with E-state index in [-0.39, 0.29) is 0 Å². The third kappa shape index (κ3) is 2.80. The van der Waals surface area contributed by atoms with Gasteiger partial charge in [0, 0.05) is 11.1 Å². The van der Waals surface area contributed by atoms with Gasteiger partial charge < -0.3 is 5.73 Å². The van der Waals surface area contributed by atoms with E-state index in [2.05, 4.69) is 11.8 Å². The van der Waals surface area contributed by atoms with Crippen molar-refractivity contribution in [3.8, 4) is 11.8 Å². The standard InChI is InChI=1S/C10H7NO2/c11-10(13)6-5-8-1-3-9(7-12)4-2-8/h1-4,7H,(H2,11,13). The van der Waals surface area contributed by atoms with Crippen molar-refractivity contribution in [2.24, 2.45) is 5.73 Å². The fourth-order valence-corrected chi connectivity index (χ4v) is 0.779. The monoisotopic (exact) mass is 173 g/mol. The molecule has 1 aromatic rings. The van der Waals surface area contributed by atoms with Gasteiger partial charge in [0.15, 0.2) is 0 Å². The van der Waals surface area contributed by atoms with E-state index in [4.69, 9.17) is 5.73 Å². The Morgan fingerprint density at radius 1 is 1.31 bits per heavy atom. The Morgan fingerprint density at radius 3 is 2.38 bits per heavy atom. The minimum atomic E-state index is -0.667. The molecule has 0 aliphatic heterocycles. The Kier molecular flexibility index (Phi) is 2.82. The second-order valence-corrected chi connectivity index (χ2v) is 2.35. The molecule has 0 aliphatic rings. The number of amides is 1. The van der Waals surface area contributed by atoms with Gasteiger partial charge in [0.2, 0.25) is 0 Å². The van der Waals surface area contributed by atoms with Crippen LogP contribution < -0.4 is 5.73 Å². The predicted molar refractivity (Wildman–Crippen MR) is 47.9 cm³/mol. The number of hydrogen-bond acceptors (Lipinski definition) is 2. The van der Waals surface area contributed by atoms with Crippen LogP contribution in [0.3, 0.4) is 0 Å². The number of aldehydes is 1. The highest BCUT2D eigenvalue weighted by Crippen LogP contribution is 1.99. The van der Waals surface area contributed by atoms with E-state index in [1.807, 2.05) is 0 Å². The van der Waals surface area contributed by atoms with E-state index in [1.54, 1.807) is 24.3 Å². The quantitative estimate of drug-likeness (QED) is 0.491. The minimum Gasteiger partial charge on any atom is -0.359 e. The van der Waals surface area contributed by atoms with Crippen molar-refractivity contribution in [1.29, 1.82) is 0 Å². The van der Waals surface area contributed by atoms with Crippen LogP contribution in [0.5, 0.6) is 0 Å². The van der Waals surface area contributed by atoms with Gasteiger partial charge in [-0.05, 0) is 18.1 Å². The number of carbonyl (C=O) groups excluding carboxylic acids is 2. The van der Waals surface area contributed by atoms with E-state index in [9.17, 15) is 9.59 Å². The smallest absolute Gasteiger partial charge is 0.293 e. The molecular formula is C10H7NO2. The summed E-state index contributed by atoms with van der Waals surface area (Å²) in [6.45, 7) is 0. The zero-order chi connectivity index (χ0) is 9.68. The zero-order valence-corrected chi connectivity index (χ0v) is 6.78. The van der Waals surface area contributed by atoms with Crippen LogP contribution in [0.2, 0.25) is 0 Å². The van der Waals surface area contributed by atoms with Crippen molar-refractivity contribution in [3.05, 3.63) is 35.4 Å². The molecule has 0 unspecified atom stereocenters. The summed E-state index contributed by atoms with van der Waals surface area (Å²) < 4.78 is 0. The van der Waals surface area contributed by atoms with Gasteiger partial charge in [0.05, 0.1) is 0 Å². The molecule has 1 aromatic carbocycles. The molecule has 0 aliphatic carbocycles. The lowest BCUT2D eigenvalue weighted by atomic mass is 10.1. The van der Waals surface area contributed by atoms with Gasteiger partial charge in [-0.2, -0.15) is 0 Å². The molecule has 0 aromatic heterocycles. The van der Waals surface area contributed by atoms with Crippen LogP contribution in [-0.4, -0.2) is 12.2 Å². The molecule has 0 spiro atoms. The third-order valence-corrected chi connectivity index (χ3v) is 1.38. The van der Waals surface area contributed by atoms with Crippen molar-refractivity contribution in [3.63, 3.8) is 0 Å². The first-order valence-corrected chi connectivity index (χ1v) is 3.59. The maximum absolute atomic E-state index is 10.3. The largest absolute Gasteiger partial charge is 0.359 e. The molecule has 0 heterocycles. The molecule has 2 N–H and O–H groups in total. The zero-order valence-electron chi connectivity index (χ0n) is 6.78. The van der Waals surface area contributed by atoms with Crippen LogP contribution in [-0.2, 0) is 4.79 Å². The lowest BCUT2D eigenvalue weighted by Crippen LogP contribution is -2.06. The highest BCUT2D eigenvalue weighted by molar-refractivity contribution is 5.92. The predicted octanol–water partition coefficient (Wildman–Crippen LogP) is 0.336. The maximum atomic E-state index is 10.3. The fraction of sp³-hybridized carbons (Fsp3) is 0. The summed E-state index contributed by atoms with van der Waals surface area (Å²) in [5.74, 6) is 4.09. The Bertz CT molecular complexity index is 382. The second kappa shape index (κ2) is 4.07. The Morgan fingerprint density at radius 2 is 1.92 bits per heavy atom. The van der Waals surface area contributed by atoms with E-state index >= 15 is 0 Å². The van der Waals surface area contributed by atoms with E-state index in [1.165, 1.54) is 0 Å². The average Bonchev–Trinajstić information content (AvgIpc) is 2.15. The number of rotatable bonds is 1. The van der Waals surface area contributed by atoms with Gasteiger partial charge >= 0.3 is 0 Å². The van der Waals surface area contributed by atoms with Gasteiger partial charge in [-0.25, -0.2) is 0 Å². The van der Waals surface area contributed by atoms with Gasteiger partial charge in [0.1, 0.15) is 6.29 Å². The van der Waals surface area contributed by atoms with Gasteiger partial charge in [-0.1, -0.05) is 18.1 Å². The molecule has 1 amide bonds. The number of hydrogen-bond donors (Lipinski definition) is 1. The molecule has 1 rings (SSSR count). The fourth-order valence-electron chi connectivity index (χ4n) is 0.779. The molecule has 0 radical (unpaired) electrons. The summed E-state index contributed by atoms with van der Waals surface area (Å²) in [5, 5.41) is 0. The molecular weight excluding hydrogens is 166 g/mol. The third-order valence-electron chi connectivity index (χ3n) is 1.38.